The normalized spacial score (nSPS) is 14.4. The molecule has 0 aliphatic heterocycles. The third-order valence-electron chi connectivity index (χ3n) is 4.55. The summed E-state index contributed by atoms with van der Waals surface area (Å²) in [5.41, 5.74) is -2.30. The first kappa shape index (κ1) is 26.4. The van der Waals surface area contributed by atoms with Crippen molar-refractivity contribution in [3.05, 3.63) is 0 Å². The van der Waals surface area contributed by atoms with Crippen LogP contribution in [0.15, 0.2) is 0 Å². The molecule has 0 aromatic carbocycles. The molecular weight excluding hydrogens is 387 g/mol. The van der Waals surface area contributed by atoms with E-state index in [9.17, 15) is 23.8 Å². The van der Waals surface area contributed by atoms with Crippen LogP contribution in [0, 0.1) is 0 Å². The average Bonchev–Trinajstić information content (AvgIpc) is 2.64. The third kappa shape index (κ3) is 11.1. The summed E-state index contributed by atoms with van der Waals surface area (Å²) in [6.07, 6.45) is 9.56. The van der Waals surface area contributed by atoms with E-state index in [1.54, 1.807) is 0 Å². The molecule has 0 radical (unpaired) electrons. The van der Waals surface area contributed by atoms with Crippen LogP contribution < -0.4 is 0 Å². The number of ether oxygens (including phenoxy) is 1. The molecule has 1 N–H and O–H groups in total. The third-order valence-corrected chi connectivity index (χ3v) is 6.37. The molecule has 0 aliphatic rings. The van der Waals surface area contributed by atoms with Crippen molar-refractivity contribution in [3.8, 4) is 0 Å². The Labute approximate surface area is 169 Å². The zero-order valence-corrected chi connectivity index (χ0v) is 18.4. The van der Waals surface area contributed by atoms with E-state index in [0.717, 1.165) is 51.4 Å². The molecule has 0 bridgehead atoms. The minimum absolute atomic E-state index is 0.0367. The first-order valence-electron chi connectivity index (χ1n) is 10.0. The van der Waals surface area contributed by atoms with E-state index in [4.69, 9.17) is 4.74 Å². The second-order valence-corrected chi connectivity index (χ2v) is 9.01. The minimum Gasteiger partial charge on any atom is -0.462 e. The molecule has 6 nitrogen and oxygen atoms in total. The standard InChI is InChI=1S/C19H35O6PS/c1-3-5-7-9-11-13-16(20)19(22,18(27)26(23)24)15-25-17(21)14-12-10-8-6-4-2/h18,22,27H,3-15H2,1-2H3. The Balaban J connectivity index is 4.60. The van der Waals surface area contributed by atoms with Gasteiger partial charge in [-0.15, -0.1) is 0 Å². The molecule has 0 fully saturated rings. The average molecular weight is 423 g/mol. The number of unbranched alkanes of at least 4 members (excludes halogenated alkanes) is 8. The second kappa shape index (κ2) is 15.3. The van der Waals surface area contributed by atoms with E-state index >= 15 is 0 Å². The zero-order valence-electron chi connectivity index (χ0n) is 16.7. The Kier molecular flexibility index (Phi) is 14.9. The van der Waals surface area contributed by atoms with E-state index in [2.05, 4.69) is 26.5 Å². The van der Waals surface area contributed by atoms with Gasteiger partial charge in [0.15, 0.2) is 16.4 Å². The Hall–Kier alpha value is -0.650. The van der Waals surface area contributed by atoms with Crippen molar-refractivity contribution in [1.82, 2.24) is 0 Å². The maximum absolute atomic E-state index is 12.4. The Bertz CT molecular complexity index is 500. The fourth-order valence-electron chi connectivity index (χ4n) is 2.71. The Morgan fingerprint density at radius 3 is 1.89 bits per heavy atom. The summed E-state index contributed by atoms with van der Waals surface area (Å²) in [5, 5.41) is 10.6. The molecule has 158 valence electrons. The quantitative estimate of drug-likeness (QED) is 0.148. The monoisotopic (exact) mass is 422 g/mol. The van der Waals surface area contributed by atoms with Crippen LogP contribution in [0.2, 0.25) is 0 Å². The summed E-state index contributed by atoms with van der Waals surface area (Å²) in [4.78, 5) is 22.7. The van der Waals surface area contributed by atoms with Gasteiger partial charge < -0.3 is 9.84 Å². The smallest absolute Gasteiger partial charge is 0.332 e. The lowest BCUT2D eigenvalue weighted by molar-refractivity contribution is -0.156. The largest absolute Gasteiger partial charge is 0.462 e. The molecule has 2 atom stereocenters. The number of carbonyl (C=O) groups excluding carboxylic acids is 2. The highest BCUT2D eigenvalue weighted by Gasteiger charge is 2.46. The van der Waals surface area contributed by atoms with Crippen LogP contribution in [0.5, 0.6) is 0 Å². The molecule has 0 saturated heterocycles. The van der Waals surface area contributed by atoms with Crippen LogP contribution in [0.25, 0.3) is 0 Å². The second-order valence-electron chi connectivity index (χ2n) is 7.00. The summed E-state index contributed by atoms with van der Waals surface area (Å²) < 4.78 is 27.6. The molecule has 0 rings (SSSR count). The number of aliphatic hydroxyl groups is 1. The minimum atomic E-state index is -3.15. The molecular formula is C19H35O6PS. The number of esters is 1. The number of rotatable bonds is 17. The van der Waals surface area contributed by atoms with Gasteiger partial charge in [0.05, 0.1) is 0 Å². The van der Waals surface area contributed by atoms with Crippen molar-refractivity contribution < 1.29 is 28.6 Å². The van der Waals surface area contributed by atoms with Gasteiger partial charge in [-0.1, -0.05) is 65.2 Å². The molecule has 0 saturated carbocycles. The highest BCUT2D eigenvalue weighted by Crippen LogP contribution is 2.32. The van der Waals surface area contributed by atoms with E-state index in [0.29, 0.717) is 12.8 Å². The summed E-state index contributed by atoms with van der Waals surface area (Å²) in [6, 6.07) is 0. The molecule has 0 aromatic heterocycles. The molecule has 0 aliphatic carbocycles. The number of thiol groups is 1. The Morgan fingerprint density at radius 2 is 1.41 bits per heavy atom. The number of carbonyl (C=O) groups is 2. The van der Waals surface area contributed by atoms with Gasteiger partial charge in [0.1, 0.15) is 6.61 Å². The molecule has 27 heavy (non-hydrogen) atoms. The van der Waals surface area contributed by atoms with Gasteiger partial charge in [0.25, 0.3) is 0 Å². The first-order valence-corrected chi connectivity index (χ1v) is 11.8. The lowest BCUT2D eigenvalue weighted by Crippen LogP contribution is -2.49. The highest BCUT2D eigenvalue weighted by atomic mass is 32.1. The van der Waals surface area contributed by atoms with Gasteiger partial charge in [-0.2, -0.15) is 12.6 Å². The predicted octanol–water partition coefficient (Wildman–Crippen LogP) is 4.98. The van der Waals surface area contributed by atoms with Crippen molar-refractivity contribution in [2.75, 3.05) is 6.61 Å². The van der Waals surface area contributed by atoms with Gasteiger partial charge in [0.2, 0.25) is 0 Å². The van der Waals surface area contributed by atoms with E-state index in [1.807, 2.05) is 0 Å². The van der Waals surface area contributed by atoms with Crippen LogP contribution in [0.1, 0.15) is 90.9 Å². The van der Waals surface area contributed by atoms with E-state index in [1.165, 1.54) is 0 Å². The van der Waals surface area contributed by atoms with Gasteiger partial charge in [-0.3, -0.25) is 9.59 Å². The maximum atomic E-state index is 12.4. The molecule has 0 spiro atoms. The predicted molar refractivity (Wildman–Crippen MR) is 109 cm³/mol. The lowest BCUT2D eigenvalue weighted by atomic mass is 9.96. The van der Waals surface area contributed by atoms with Crippen LogP contribution in [0.4, 0.5) is 0 Å². The molecule has 0 amide bonds. The number of Topliss-reactive ketones (excluding diaryl/α,β-unsaturated/α-hetero) is 1. The molecule has 0 aromatic rings. The van der Waals surface area contributed by atoms with Gasteiger partial charge >= 0.3 is 13.6 Å². The van der Waals surface area contributed by atoms with Crippen LogP contribution in [-0.2, 0) is 23.5 Å². The van der Waals surface area contributed by atoms with Crippen molar-refractivity contribution in [1.29, 1.82) is 0 Å². The number of hydrogen-bond donors (Lipinski definition) is 2. The molecule has 8 heteroatoms. The summed E-state index contributed by atoms with van der Waals surface area (Å²) in [7, 11) is -3.15. The zero-order chi connectivity index (χ0) is 20.7. The lowest BCUT2D eigenvalue weighted by Gasteiger charge is -2.27. The van der Waals surface area contributed by atoms with Gasteiger partial charge in [-0.05, 0) is 12.8 Å². The van der Waals surface area contributed by atoms with Crippen molar-refractivity contribution in [2.45, 2.75) is 101 Å². The SMILES string of the molecule is CCCCCCCC(=O)OCC(O)(C(=O)CCCCCCC)C(S)P(=O)=O. The topological polar surface area (TPSA) is 97.7 Å². The molecule has 2 unspecified atom stereocenters. The number of ketones is 1. The summed E-state index contributed by atoms with van der Waals surface area (Å²) in [6.45, 7) is 3.51. The van der Waals surface area contributed by atoms with Gasteiger partial charge in [0, 0.05) is 12.8 Å². The first-order chi connectivity index (χ1) is 12.8. The maximum Gasteiger partial charge on any atom is 0.332 e. The van der Waals surface area contributed by atoms with Crippen molar-refractivity contribution in [2.24, 2.45) is 0 Å². The van der Waals surface area contributed by atoms with E-state index in [-0.39, 0.29) is 12.8 Å². The van der Waals surface area contributed by atoms with Crippen LogP contribution >= 0.6 is 20.3 Å². The van der Waals surface area contributed by atoms with Crippen molar-refractivity contribution >= 4 is 32.1 Å². The summed E-state index contributed by atoms with van der Waals surface area (Å²) in [5.74, 6) is -1.18. The Morgan fingerprint density at radius 1 is 0.926 bits per heavy atom. The van der Waals surface area contributed by atoms with Crippen molar-refractivity contribution in [3.63, 3.8) is 0 Å². The summed E-state index contributed by atoms with van der Waals surface area (Å²) >= 11 is 3.88. The number of hydrogen-bond acceptors (Lipinski definition) is 7. The highest BCUT2D eigenvalue weighted by molar-refractivity contribution is 7.87. The van der Waals surface area contributed by atoms with E-state index < -0.39 is 36.6 Å². The van der Waals surface area contributed by atoms with Crippen LogP contribution in [-0.4, -0.2) is 34.1 Å². The fourth-order valence-corrected chi connectivity index (χ4v) is 3.50. The molecule has 0 heterocycles. The van der Waals surface area contributed by atoms with Crippen LogP contribution in [0.3, 0.4) is 0 Å². The fraction of sp³-hybridized carbons (Fsp3) is 0.895. The van der Waals surface area contributed by atoms with Gasteiger partial charge in [-0.25, -0.2) is 9.13 Å².